The molecular formula is C12H15Br2NO2. The van der Waals surface area contributed by atoms with Gasteiger partial charge in [0.05, 0.1) is 11.8 Å². The lowest BCUT2D eigenvalue weighted by molar-refractivity contribution is 0.0943. The molecule has 17 heavy (non-hydrogen) atoms. The first-order valence-electron chi connectivity index (χ1n) is 5.79. The molecule has 0 spiro atoms. The maximum Gasteiger partial charge on any atom is 0.255 e. The Morgan fingerprint density at radius 3 is 2.88 bits per heavy atom. The van der Waals surface area contributed by atoms with Crippen LogP contribution in [0.4, 0.5) is 0 Å². The van der Waals surface area contributed by atoms with E-state index in [1.54, 1.807) is 6.07 Å². The van der Waals surface area contributed by atoms with Crippen LogP contribution < -0.4 is 5.32 Å². The number of alkyl halides is 1. The fraction of sp³-hybridized carbons (Fsp3) is 0.583. The third-order valence-electron chi connectivity index (χ3n) is 3.40. The van der Waals surface area contributed by atoms with E-state index in [1.165, 1.54) is 25.5 Å². The van der Waals surface area contributed by atoms with E-state index < -0.39 is 0 Å². The molecule has 3 nitrogen and oxygen atoms in total. The topological polar surface area (TPSA) is 42.2 Å². The minimum Gasteiger partial charge on any atom is -0.457 e. The van der Waals surface area contributed by atoms with Crippen molar-refractivity contribution in [1.82, 2.24) is 5.32 Å². The monoisotopic (exact) mass is 363 g/mol. The van der Waals surface area contributed by atoms with E-state index in [1.807, 2.05) is 0 Å². The number of hydrogen-bond acceptors (Lipinski definition) is 2. The number of hydrogen-bond donors (Lipinski definition) is 1. The minimum absolute atomic E-state index is 0.0640. The third kappa shape index (κ3) is 3.13. The van der Waals surface area contributed by atoms with Crippen LogP contribution in [-0.4, -0.2) is 17.8 Å². The molecule has 1 heterocycles. The lowest BCUT2D eigenvalue weighted by Crippen LogP contribution is -2.31. The number of amides is 1. The van der Waals surface area contributed by atoms with E-state index in [4.69, 9.17) is 4.42 Å². The van der Waals surface area contributed by atoms with Crippen LogP contribution in [0.3, 0.4) is 0 Å². The van der Waals surface area contributed by atoms with Gasteiger partial charge >= 0.3 is 0 Å². The van der Waals surface area contributed by atoms with Gasteiger partial charge in [-0.25, -0.2) is 0 Å². The molecule has 5 heteroatoms. The molecule has 1 aromatic heterocycles. The Morgan fingerprint density at radius 1 is 1.47 bits per heavy atom. The Balaban J connectivity index is 1.86. The van der Waals surface area contributed by atoms with Crippen molar-refractivity contribution in [2.75, 3.05) is 11.9 Å². The van der Waals surface area contributed by atoms with Gasteiger partial charge in [-0.15, -0.1) is 0 Å². The van der Waals surface area contributed by atoms with Crippen molar-refractivity contribution in [1.29, 1.82) is 0 Å². The summed E-state index contributed by atoms with van der Waals surface area (Å²) in [4.78, 5) is 11.9. The van der Waals surface area contributed by atoms with Crippen molar-refractivity contribution in [3.8, 4) is 0 Å². The van der Waals surface area contributed by atoms with Crippen LogP contribution in [0.25, 0.3) is 0 Å². The second-order valence-corrected chi connectivity index (χ2v) is 5.79. The van der Waals surface area contributed by atoms with Gasteiger partial charge < -0.3 is 9.73 Å². The predicted octanol–water partition coefficient (Wildman–Crippen LogP) is 3.58. The Kier molecular flexibility index (Phi) is 4.68. The first-order chi connectivity index (χ1) is 8.22. The van der Waals surface area contributed by atoms with Crippen molar-refractivity contribution in [3.63, 3.8) is 0 Å². The van der Waals surface area contributed by atoms with Gasteiger partial charge in [0.2, 0.25) is 0 Å². The number of halogens is 2. The average Bonchev–Trinajstić information content (AvgIpc) is 2.94. The first-order valence-corrected chi connectivity index (χ1v) is 7.71. The summed E-state index contributed by atoms with van der Waals surface area (Å²) < 4.78 is 5.55. The van der Waals surface area contributed by atoms with Crippen molar-refractivity contribution in [2.45, 2.75) is 19.3 Å². The summed E-state index contributed by atoms with van der Waals surface area (Å²) in [7, 11) is 0. The van der Waals surface area contributed by atoms with Gasteiger partial charge in [-0.05, 0) is 46.7 Å². The molecule has 94 valence electrons. The molecule has 1 saturated carbocycles. The predicted molar refractivity (Wildman–Crippen MR) is 73.4 cm³/mol. The van der Waals surface area contributed by atoms with Gasteiger partial charge in [0.15, 0.2) is 4.67 Å². The second-order valence-electron chi connectivity index (χ2n) is 4.42. The number of carbonyl (C=O) groups is 1. The van der Waals surface area contributed by atoms with Crippen molar-refractivity contribution < 1.29 is 9.21 Å². The van der Waals surface area contributed by atoms with Crippen LogP contribution in [0.1, 0.15) is 29.6 Å². The maximum absolute atomic E-state index is 11.9. The molecule has 1 N–H and O–H groups in total. The molecule has 2 atom stereocenters. The Morgan fingerprint density at radius 2 is 2.24 bits per heavy atom. The number of rotatable bonds is 4. The molecule has 0 radical (unpaired) electrons. The minimum atomic E-state index is -0.0640. The summed E-state index contributed by atoms with van der Waals surface area (Å²) >= 11 is 6.75. The lowest BCUT2D eigenvalue weighted by atomic mass is 9.98. The zero-order valence-electron chi connectivity index (χ0n) is 9.42. The van der Waals surface area contributed by atoms with Crippen LogP contribution in [0.5, 0.6) is 0 Å². The van der Waals surface area contributed by atoms with Crippen LogP contribution in [0, 0.1) is 11.8 Å². The highest BCUT2D eigenvalue weighted by molar-refractivity contribution is 9.10. The van der Waals surface area contributed by atoms with Gasteiger partial charge in [0.1, 0.15) is 0 Å². The average molecular weight is 365 g/mol. The van der Waals surface area contributed by atoms with Crippen LogP contribution >= 0.6 is 31.9 Å². The smallest absolute Gasteiger partial charge is 0.255 e. The highest BCUT2D eigenvalue weighted by Gasteiger charge is 2.26. The van der Waals surface area contributed by atoms with Crippen LogP contribution in [-0.2, 0) is 0 Å². The molecule has 2 rings (SSSR count). The van der Waals surface area contributed by atoms with E-state index in [2.05, 4.69) is 37.2 Å². The van der Waals surface area contributed by atoms with Gasteiger partial charge in [-0.2, -0.15) is 0 Å². The summed E-state index contributed by atoms with van der Waals surface area (Å²) in [5.41, 5.74) is 0.568. The molecule has 1 aliphatic carbocycles. The molecule has 1 fully saturated rings. The largest absolute Gasteiger partial charge is 0.457 e. The zero-order valence-corrected chi connectivity index (χ0v) is 12.6. The quantitative estimate of drug-likeness (QED) is 0.829. The summed E-state index contributed by atoms with van der Waals surface area (Å²) in [5, 5.41) is 4.01. The number of nitrogens with one attached hydrogen (secondary N) is 1. The molecule has 0 aliphatic heterocycles. The first kappa shape index (κ1) is 13.1. The van der Waals surface area contributed by atoms with Gasteiger partial charge in [-0.3, -0.25) is 4.79 Å². The summed E-state index contributed by atoms with van der Waals surface area (Å²) in [6.45, 7) is 0.757. The maximum atomic E-state index is 11.9. The van der Waals surface area contributed by atoms with Crippen molar-refractivity contribution in [3.05, 3.63) is 22.6 Å². The van der Waals surface area contributed by atoms with E-state index in [0.29, 0.717) is 22.1 Å². The highest BCUT2D eigenvalue weighted by atomic mass is 79.9. The summed E-state index contributed by atoms with van der Waals surface area (Å²) in [5.74, 6) is 1.23. The Bertz CT molecular complexity index is 392. The second kappa shape index (κ2) is 6.05. The fourth-order valence-electron chi connectivity index (χ4n) is 2.36. The van der Waals surface area contributed by atoms with Crippen LogP contribution in [0.2, 0.25) is 0 Å². The molecule has 2 unspecified atom stereocenters. The molecule has 0 aromatic carbocycles. The molecule has 0 bridgehead atoms. The summed E-state index contributed by atoms with van der Waals surface area (Å²) in [6, 6.07) is 1.68. The molecule has 0 saturated heterocycles. The normalized spacial score (nSPS) is 23.9. The van der Waals surface area contributed by atoms with E-state index >= 15 is 0 Å². The standard InChI is InChI=1S/C12H15Br2NO2/c13-6-8-2-1-3-9(8)7-15-12(16)10-4-5-17-11(10)14/h4-5,8-9H,1-3,6-7H2,(H,15,16). The Hall–Kier alpha value is -0.290. The highest BCUT2D eigenvalue weighted by Crippen LogP contribution is 2.32. The van der Waals surface area contributed by atoms with E-state index in [0.717, 1.165) is 11.9 Å². The number of carbonyl (C=O) groups excluding carboxylic acids is 1. The third-order valence-corrected chi connectivity index (χ3v) is 4.85. The molecular weight excluding hydrogens is 350 g/mol. The van der Waals surface area contributed by atoms with Crippen molar-refractivity contribution >= 4 is 37.8 Å². The van der Waals surface area contributed by atoms with Gasteiger partial charge in [-0.1, -0.05) is 22.4 Å². The zero-order chi connectivity index (χ0) is 12.3. The van der Waals surface area contributed by atoms with Gasteiger partial charge in [0.25, 0.3) is 5.91 Å². The Labute approximate surface area is 118 Å². The van der Waals surface area contributed by atoms with Crippen LogP contribution in [0.15, 0.2) is 21.4 Å². The molecule has 1 aliphatic rings. The summed E-state index contributed by atoms with van der Waals surface area (Å²) in [6.07, 6.45) is 5.26. The van der Waals surface area contributed by atoms with E-state index in [-0.39, 0.29) is 5.91 Å². The number of furan rings is 1. The fourth-order valence-corrected chi connectivity index (χ4v) is 3.63. The lowest BCUT2D eigenvalue weighted by Gasteiger charge is -2.17. The van der Waals surface area contributed by atoms with Gasteiger partial charge in [0, 0.05) is 11.9 Å². The molecule has 1 amide bonds. The molecule has 1 aromatic rings. The van der Waals surface area contributed by atoms with Crippen molar-refractivity contribution in [2.24, 2.45) is 11.8 Å². The SMILES string of the molecule is O=C(NCC1CCCC1CBr)c1ccoc1Br. The van der Waals surface area contributed by atoms with E-state index in [9.17, 15) is 4.79 Å².